The lowest BCUT2D eigenvalue weighted by Gasteiger charge is -2.30. The number of likely N-dealkylation sites (tertiary alicyclic amines) is 1. The molecule has 1 heterocycles. The van der Waals surface area contributed by atoms with Crippen molar-refractivity contribution in [1.82, 2.24) is 4.90 Å². The first-order valence-corrected chi connectivity index (χ1v) is 6.06. The van der Waals surface area contributed by atoms with Crippen molar-refractivity contribution in [2.75, 3.05) is 13.1 Å². The number of benzene rings is 1. The van der Waals surface area contributed by atoms with Crippen LogP contribution in [-0.4, -0.2) is 29.9 Å². The number of carbonyl (C=O) groups excluding carboxylic acids is 1. The monoisotopic (exact) mass is 274 g/mol. The first kappa shape index (κ1) is 13.2. The summed E-state index contributed by atoms with van der Waals surface area (Å²) >= 11 is 5.44. The number of amides is 1. The van der Waals surface area contributed by atoms with E-state index in [9.17, 15) is 13.6 Å². The van der Waals surface area contributed by atoms with Crippen molar-refractivity contribution in [3.8, 4) is 0 Å². The maximum atomic E-state index is 13.6. The highest BCUT2D eigenvalue weighted by atomic mass is 35.5. The van der Waals surface area contributed by atoms with E-state index in [1.807, 2.05) is 0 Å². The van der Waals surface area contributed by atoms with E-state index in [2.05, 4.69) is 0 Å². The van der Waals surface area contributed by atoms with Gasteiger partial charge >= 0.3 is 0 Å². The molecule has 0 radical (unpaired) electrons. The molecule has 0 aliphatic carbocycles. The summed E-state index contributed by atoms with van der Waals surface area (Å²) in [5.74, 6) is -2.16. The quantitative estimate of drug-likeness (QED) is 0.798. The van der Waals surface area contributed by atoms with Crippen LogP contribution in [0.3, 0.4) is 0 Å². The number of rotatable bonds is 1. The van der Waals surface area contributed by atoms with Gasteiger partial charge in [-0.25, -0.2) is 8.78 Å². The molecular formula is C12H13ClF2N2O. The molecular weight excluding hydrogens is 262 g/mol. The lowest BCUT2D eigenvalue weighted by Crippen LogP contribution is -2.45. The van der Waals surface area contributed by atoms with Gasteiger partial charge in [0.15, 0.2) is 0 Å². The van der Waals surface area contributed by atoms with Gasteiger partial charge < -0.3 is 10.6 Å². The second-order valence-corrected chi connectivity index (χ2v) is 4.81. The summed E-state index contributed by atoms with van der Waals surface area (Å²) in [6, 6.07) is 1.54. The van der Waals surface area contributed by atoms with Crippen LogP contribution in [0.1, 0.15) is 23.2 Å². The molecule has 0 bridgehead atoms. The summed E-state index contributed by atoms with van der Waals surface area (Å²) < 4.78 is 26.9. The Hall–Kier alpha value is -1.20. The zero-order valence-electron chi connectivity index (χ0n) is 9.63. The van der Waals surface area contributed by atoms with E-state index in [1.54, 1.807) is 0 Å². The highest BCUT2D eigenvalue weighted by molar-refractivity contribution is 6.30. The van der Waals surface area contributed by atoms with Crippen LogP contribution in [0.5, 0.6) is 0 Å². The van der Waals surface area contributed by atoms with Gasteiger partial charge in [0.2, 0.25) is 0 Å². The van der Waals surface area contributed by atoms with Gasteiger partial charge in [-0.1, -0.05) is 11.6 Å². The lowest BCUT2D eigenvalue weighted by molar-refractivity contribution is 0.0703. The number of hydrogen-bond acceptors (Lipinski definition) is 2. The number of nitrogens with zero attached hydrogens (tertiary/aromatic N) is 1. The number of hydrogen-bond donors (Lipinski definition) is 1. The van der Waals surface area contributed by atoms with E-state index in [1.165, 1.54) is 4.90 Å². The molecule has 1 aromatic carbocycles. The average Bonchev–Trinajstić information content (AvgIpc) is 2.33. The molecule has 3 nitrogen and oxygen atoms in total. The first-order valence-electron chi connectivity index (χ1n) is 5.68. The molecule has 1 saturated heterocycles. The fourth-order valence-corrected chi connectivity index (χ4v) is 2.20. The molecule has 0 aromatic heterocycles. The summed E-state index contributed by atoms with van der Waals surface area (Å²) in [6.07, 6.45) is 1.60. The second-order valence-electron chi connectivity index (χ2n) is 4.40. The van der Waals surface area contributed by atoms with Gasteiger partial charge in [0.05, 0.1) is 10.6 Å². The molecule has 1 fully saturated rings. The Kier molecular flexibility index (Phi) is 3.82. The van der Waals surface area contributed by atoms with Crippen LogP contribution >= 0.6 is 11.6 Å². The van der Waals surface area contributed by atoms with Gasteiger partial charge in [0, 0.05) is 19.1 Å². The highest BCUT2D eigenvalue weighted by Crippen LogP contribution is 2.21. The predicted molar refractivity (Wildman–Crippen MR) is 64.5 cm³/mol. The van der Waals surface area contributed by atoms with Crippen molar-refractivity contribution in [3.63, 3.8) is 0 Å². The lowest BCUT2D eigenvalue weighted by atomic mass is 10.1. The Balaban J connectivity index is 2.25. The van der Waals surface area contributed by atoms with E-state index in [4.69, 9.17) is 17.3 Å². The summed E-state index contributed by atoms with van der Waals surface area (Å²) in [4.78, 5) is 13.5. The number of nitrogens with two attached hydrogens (primary N) is 1. The van der Waals surface area contributed by atoms with Crippen LogP contribution in [0.25, 0.3) is 0 Å². The standard InChI is InChI=1S/C12H13ClF2N2O/c13-9-5-10(14)8(4-11(9)15)12(18)17-3-1-2-7(16)6-17/h4-5,7H,1-3,6,16H2. The van der Waals surface area contributed by atoms with Crippen molar-refractivity contribution in [1.29, 1.82) is 0 Å². The number of halogens is 3. The summed E-state index contributed by atoms with van der Waals surface area (Å²) in [6.45, 7) is 0.874. The van der Waals surface area contributed by atoms with E-state index >= 15 is 0 Å². The third-order valence-corrected chi connectivity index (χ3v) is 3.28. The van der Waals surface area contributed by atoms with E-state index < -0.39 is 17.5 Å². The van der Waals surface area contributed by atoms with Gasteiger partial charge in [-0.2, -0.15) is 0 Å². The van der Waals surface area contributed by atoms with Crippen molar-refractivity contribution in [3.05, 3.63) is 34.4 Å². The average molecular weight is 275 g/mol. The SMILES string of the molecule is NC1CCCN(C(=O)c2cc(F)c(Cl)cc2F)C1. The molecule has 6 heteroatoms. The zero-order valence-corrected chi connectivity index (χ0v) is 10.4. The minimum Gasteiger partial charge on any atom is -0.337 e. The fraction of sp³-hybridized carbons (Fsp3) is 0.417. The molecule has 18 heavy (non-hydrogen) atoms. The molecule has 1 amide bonds. The summed E-state index contributed by atoms with van der Waals surface area (Å²) in [5, 5.41) is -0.334. The molecule has 98 valence electrons. The van der Waals surface area contributed by atoms with Crippen molar-refractivity contribution < 1.29 is 13.6 Å². The Morgan fingerprint density at radius 1 is 1.39 bits per heavy atom. The van der Waals surface area contributed by atoms with Crippen LogP contribution < -0.4 is 5.73 Å². The second kappa shape index (κ2) is 5.20. The van der Waals surface area contributed by atoms with Crippen molar-refractivity contribution in [2.24, 2.45) is 5.73 Å². The molecule has 1 atom stereocenters. The first-order chi connectivity index (χ1) is 8.49. The molecule has 1 unspecified atom stereocenters. The maximum absolute atomic E-state index is 13.6. The smallest absolute Gasteiger partial charge is 0.256 e. The number of piperidine rings is 1. The van der Waals surface area contributed by atoms with Gasteiger partial charge in [-0.05, 0) is 25.0 Å². The molecule has 2 N–H and O–H groups in total. The van der Waals surface area contributed by atoms with Gasteiger partial charge in [0.1, 0.15) is 11.6 Å². The molecule has 1 aliphatic rings. The summed E-state index contributed by atoms with van der Waals surface area (Å²) in [7, 11) is 0. The minimum absolute atomic E-state index is 0.108. The Morgan fingerprint density at radius 3 is 2.78 bits per heavy atom. The zero-order chi connectivity index (χ0) is 13.3. The molecule has 2 rings (SSSR count). The minimum atomic E-state index is -0.814. The Bertz CT molecular complexity index is 481. The molecule has 1 aliphatic heterocycles. The van der Waals surface area contributed by atoms with Crippen LogP contribution in [-0.2, 0) is 0 Å². The molecule has 0 saturated carbocycles. The van der Waals surface area contributed by atoms with Crippen LogP contribution in [0.15, 0.2) is 12.1 Å². The maximum Gasteiger partial charge on any atom is 0.256 e. The largest absolute Gasteiger partial charge is 0.337 e. The van der Waals surface area contributed by atoms with Crippen molar-refractivity contribution >= 4 is 17.5 Å². The topological polar surface area (TPSA) is 46.3 Å². The van der Waals surface area contributed by atoms with Gasteiger partial charge in [-0.3, -0.25) is 4.79 Å². The molecule has 0 spiro atoms. The van der Waals surface area contributed by atoms with E-state index in [0.29, 0.717) is 13.1 Å². The van der Waals surface area contributed by atoms with Gasteiger partial charge in [0.25, 0.3) is 5.91 Å². The van der Waals surface area contributed by atoms with Crippen molar-refractivity contribution in [2.45, 2.75) is 18.9 Å². The third-order valence-electron chi connectivity index (χ3n) is 2.99. The normalized spacial score (nSPS) is 20.0. The van der Waals surface area contributed by atoms with Crippen LogP contribution in [0, 0.1) is 11.6 Å². The summed E-state index contributed by atoms with van der Waals surface area (Å²) in [5.41, 5.74) is 5.45. The Labute approximate surface area is 109 Å². The fourth-order valence-electron chi connectivity index (χ4n) is 2.05. The van der Waals surface area contributed by atoms with Gasteiger partial charge in [-0.15, -0.1) is 0 Å². The van der Waals surface area contributed by atoms with E-state index in [-0.39, 0.29) is 16.6 Å². The van der Waals surface area contributed by atoms with E-state index in [0.717, 1.165) is 25.0 Å². The van der Waals surface area contributed by atoms with Crippen LogP contribution in [0.2, 0.25) is 5.02 Å². The highest BCUT2D eigenvalue weighted by Gasteiger charge is 2.25. The third kappa shape index (κ3) is 2.62. The molecule has 1 aromatic rings. The Morgan fingerprint density at radius 2 is 2.11 bits per heavy atom. The number of carbonyl (C=O) groups is 1. The predicted octanol–water partition coefficient (Wildman–Crippen LogP) is 2.18. The van der Waals surface area contributed by atoms with Crippen LogP contribution in [0.4, 0.5) is 8.78 Å².